The molecule has 27 heavy (non-hydrogen) atoms. The van der Waals surface area contributed by atoms with E-state index in [2.05, 4.69) is 15.6 Å². The van der Waals surface area contributed by atoms with Gasteiger partial charge in [-0.2, -0.15) is 0 Å². The van der Waals surface area contributed by atoms with E-state index in [-0.39, 0.29) is 30.1 Å². The molecule has 0 radical (unpaired) electrons. The molecule has 0 aliphatic carbocycles. The molecule has 1 amide bonds. The van der Waals surface area contributed by atoms with Gasteiger partial charge in [0.25, 0.3) is 5.91 Å². The highest BCUT2D eigenvalue weighted by atomic mass is 35.5. The molecule has 4 rings (SSSR count). The highest BCUT2D eigenvalue weighted by Crippen LogP contribution is 2.27. The van der Waals surface area contributed by atoms with Crippen LogP contribution in [-0.4, -0.2) is 20.9 Å². The first-order valence-corrected chi connectivity index (χ1v) is 8.80. The Bertz CT molecular complexity index is 957. The molecule has 0 spiro atoms. The summed E-state index contributed by atoms with van der Waals surface area (Å²) in [6.45, 7) is 0.985. The van der Waals surface area contributed by atoms with E-state index < -0.39 is 0 Å². The molecule has 1 aliphatic rings. The minimum absolute atomic E-state index is 0.207. The quantitative estimate of drug-likeness (QED) is 0.747. The molecule has 0 bridgehead atoms. The maximum Gasteiger partial charge on any atom is 0.274 e. The number of carbonyl (C=O) groups is 1. The lowest BCUT2D eigenvalue weighted by atomic mass is 10.1. The summed E-state index contributed by atoms with van der Waals surface area (Å²) in [5.41, 5.74) is 2.66. The molecule has 1 atom stereocenters. The number of carbonyl (C=O) groups excluding carboxylic acids is 1. The molecule has 6 nitrogen and oxygen atoms in total. The van der Waals surface area contributed by atoms with Crippen LogP contribution in [0.25, 0.3) is 0 Å². The molecule has 1 aromatic heterocycles. The van der Waals surface area contributed by atoms with Crippen LogP contribution in [0.2, 0.25) is 5.02 Å². The molecule has 138 valence electrons. The molecule has 1 aliphatic heterocycles. The first-order chi connectivity index (χ1) is 13.1. The standard InChI is InChI=1S/C19H16ClFN4O2/c20-14-5-1-12(2-6-14)9-22-19(26)18-16-11-27-17(10-25(16)24-23-18)13-3-7-15(21)8-4-13/h1-8,17H,9-11H2,(H,22,26)/t17-/m0/s1. The van der Waals surface area contributed by atoms with E-state index in [1.54, 1.807) is 28.9 Å². The first-order valence-electron chi connectivity index (χ1n) is 8.42. The number of nitrogens with one attached hydrogen (secondary N) is 1. The van der Waals surface area contributed by atoms with Crippen molar-refractivity contribution in [2.24, 2.45) is 0 Å². The van der Waals surface area contributed by atoms with Gasteiger partial charge in [-0.15, -0.1) is 5.10 Å². The van der Waals surface area contributed by atoms with Crippen LogP contribution in [0.15, 0.2) is 48.5 Å². The SMILES string of the molecule is O=C(NCc1ccc(Cl)cc1)c1nnn2c1CO[C@H](c1ccc(F)cc1)C2. The van der Waals surface area contributed by atoms with Crippen molar-refractivity contribution >= 4 is 17.5 Å². The number of rotatable bonds is 4. The Labute approximate surface area is 159 Å². The average Bonchev–Trinajstić information content (AvgIpc) is 3.11. The lowest BCUT2D eigenvalue weighted by Crippen LogP contribution is -2.27. The fourth-order valence-corrected chi connectivity index (χ4v) is 3.06. The molecular weight excluding hydrogens is 371 g/mol. The van der Waals surface area contributed by atoms with E-state index in [1.165, 1.54) is 12.1 Å². The van der Waals surface area contributed by atoms with Gasteiger partial charge in [0.05, 0.1) is 18.8 Å². The highest BCUT2D eigenvalue weighted by Gasteiger charge is 2.27. The van der Waals surface area contributed by atoms with Gasteiger partial charge in [0.2, 0.25) is 0 Å². The minimum atomic E-state index is -0.310. The Kier molecular flexibility index (Phi) is 4.87. The second-order valence-corrected chi connectivity index (χ2v) is 6.66. The zero-order chi connectivity index (χ0) is 18.8. The van der Waals surface area contributed by atoms with Gasteiger partial charge in [0.1, 0.15) is 11.9 Å². The third kappa shape index (κ3) is 3.84. The van der Waals surface area contributed by atoms with Gasteiger partial charge in [-0.05, 0) is 35.4 Å². The summed E-state index contributed by atoms with van der Waals surface area (Å²) in [4.78, 5) is 12.5. The largest absolute Gasteiger partial charge is 0.365 e. The topological polar surface area (TPSA) is 69.0 Å². The van der Waals surface area contributed by atoms with Crippen molar-refractivity contribution in [3.05, 3.63) is 81.9 Å². The molecule has 0 unspecified atom stereocenters. The van der Waals surface area contributed by atoms with Crippen LogP contribution >= 0.6 is 11.6 Å². The van der Waals surface area contributed by atoms with E-state index >= 15 is 0 Å². The number of hydrogen-bond acceptors (Lipinski definition) is 4. The number of benzene rings is 2. The maximum absolute atomic E-state index is 13.1. The van der Waals surface area contributed by atoms with Crippen molar-refractivity contribution in [2.45, 2.75) is 25.8 Å². The van der Waals surface area contributed by atoms with Crippen LogP contribution in [0, 0.1) is 5.82 Å². The van der Waals surface area contributed by atoms with Gasteiger partial charge in [-0.3, -0.25) is 4.79 Å². The predicted molar refractivity (Wildman–Crippen MR) is 96.6 cm³/mol. The summed E-state index contributed by atoms with van der Waals surface area (Å²) < 4.78 is 20.6. The van der Waals surface area contributed by atoms with Crippen LogP contribution < -0.4 is 5.32 Å². The van der Waals surface area contributed by atoms with Crippen molar-refractivity contribution in [1.82, 2.24) is 20.3 Å². The number of halogens is 2. The van der Waals surface area contributed by atoms with Crippen molar-refractivity contribution in [1.29, 1.82) is 0 Å². The smallest absolute Gasteiger partial charge is 0.274 e. The van der Waals surface area contributed by atoms with Gasteiger partial charge < -0.3 is 10.1 Å². The second kappa shape index (κ2) is 7.46. The van der Waals surface area contributed by atoms with Crippen molar-refractivity contribution in [3.63, 3.8) is 0 Å². The Morgan fingerprint density at radius 1 is 1.22 bits per heavy atom. The molecule has 1 N–H and O–H groups in total. The maximum atomic E-state index is 13.1. The lowest BCUT2D eigenvalue weighted by molar-refractivity contribution is -0.00180. The third-order valence-electron chi connectivity index (χ3n) is 4.42. The molecule has 2 aromatic carbocycles. The van der Waals surface area contributed by atoms with Crippen molar-refractivity contribution in [3.8, 4) is 0 Å². The average molecular weight is 387 g/mol. The zero-order valence-corrected chi connectivity index (χ0v) is 15.0. The summed E-state index contributed by atoms with van der Waals surface area (Å²) in [6.07, 6.45) is -0.259. The Morgan fingerprint density at radius 3 is 2.70 bits per heavy atom. The third-order valence-corrected chi connectivity index (χ3v) is 4.67. The van der Waals surface area contributed by atoms with Gasteiger partial charge in [0, 0.05) is 11.6 Å². The Balaban J connectivity index is 1.43. The molecule has 3 aromatic rings. The number of aromatic nitrogens is 3. The number of hydrogen-bond donors (Lipinski definition) is 1. The van der Waals surface area contributed by atoms with Gasteiger partial charge in [-0.25, -0.2) is 9.07 Å². The van der Waals surface area contributed by atoms with Crippen LogP contribution in [0.3, 0.4) is 0 Å². The summed E-state index contributed by atoms with van der Waals surface area (Å²) in [5, 5.41) is 11.5. The summed E-state index contributed by atoms with van der Waals surface area (Å²) in [5.74, 6) is -0.606. The van der Waals surface area contributed by atoms with Crippen molar-refractivity contribution < 1.29 is 13.9 Å². The van der Waals surface area contributed by atoms with Gasteiger partial charge in [0.15, 0.2) is 5.69 Å². The number of nitrogens with zero attached hydrogens (tertiary/aromatic N) is 3. The zero-order valence-electron chi connectivity index (χ0n) is 14.2. The second-order valence-electron chi connectivity index (χ2n) is 6.23. The highest BCUT2D eigenvalue weighted by molar-refractivity contribution is 6.30. The molecule has 0 fully saturated rings. The lowest BCUT2D eigenvalue weighted by Gasteiger charge is -2.24. The Morgan fingerprint density at radius 2 is 1.96 bits per heavy atom. The number of ether oxygens (including phenoxy) is 1. The van der Waals surface area contributed by atoms with Crippen LogP contribution in [0.4, 0.5) is 4.39 Å². The normalized spacial score (nSPS) is 16.0. The fraction of sp³-hybridized carbons (Fsp3) is 0.211. The van der Waals surface area contributed by atoms with E-state index in [1.807, 2.05) is 12.1 Å². The van der Waals surface area contributed by atoms with E-state index in [9.17, 15) is 9.18 Å². The monoisotopic (exact) mass is 386 g/mol. The van der Waals surface area contributed by atoms with Crippen molar-refractivity contribution in [2.75, 3.05) is 0 Å². The van der Waals surface area contributed by atoms with Crippen LogP contribution in [0.1, 0.15) is 33.4 Å². The molecule has 0 saturated carbocycles. The molecule has 0 saturated heterocycles. The molecule has 8 heteroatoms. The number of amides is 1. The summed E-state index contributed by atoms with van der Waals surface area (Å²) in [6, 6.07) is 13.4. The fourth-order valence-electron chi connectivity index (χ4n) is 2.94. The van der Waals surface area contributed by atoms with Crippen LogP contribution in [-0.2, 0) is 24.4 Å². The molecule has 2 heterocycles. The molecular formula is C19H16ClFN4O2. The predicted octanol–water partition coefficient (Wildman–Crippen LogP) is 3.27. The summed E-state index contributed by atoms with van der Waals surface area (Å²) in [7, 11) is 0. The van der Waals surface area contributed by atoms with E-state index in [0.717, 1.165) is 11.1 Å². The van der Waals surface area contributed by atoms with E-state index in [0.29, 0.717) is 23.8 Å². The van der Waals surface area contributed by atoms with Gasteiger partial charge >= 0.3 is 0 Å². The summed E-state index contributed by atoms with van der Waals surface area (Å²) >= 11 is 5.86. The van der Waals surface area contributed by atoms with Crippen LogP contribution in [0.5, 0.6) is 0 Å². The Hall–Kier alpha value is -2.77. The van der Waals surface area contributed by atoms with Gasteiger partial charge in [-0.1, -0.05) is 41.1 Å². The number of fused-ring (bicyclic) bond motifs is 1. The first kappa shape index (κ1) is 17.6. The minimum Gasteiger partial charge on any atom is -0.365 e. The van der Waals surface area contributed by atoms with E-state index in [4.69, 9.17) is 16.3 Å².